The quantitative estimate of drug-likeness (QED) is 0.412. The minimum atomic E-state index is -0.531. The first kappa shape index (κ1) is 27.8. The lowest BCUT2D eigenvalue weighted by Gasteiger charge is -2.43. The van der Waals surface area contributed by atoms with Crippen molar-refractivity contribution >= 4 is 11.9 Å². The zero-order valence-electron chi connectivity index (χ0n) is 23.4. The first-order valence-electron chi connectivity index (χ1n) is 14.2. The summed E-state index contributed by atoms with van der Waals surface area (Å²) in [5, 5.41) is 6.49. The van der Waals surface area contributed by atoms with E-state index >= 15 is 0 Å². The molecule has 2 fully saturated rings. The van der Waals surface area contributed by atoms with Gasteiger partial charge in [0.05, 0.1) is 11.0 Å². The molecule has 5 rings (SSSR count). The molecule has 0 bridgehead atoms. The Bertz CT molecular complexity index is 1290. The predicted octanol–water partition coefficient (Wildman–Crippen LogP) is 4.70. The Morgan fingerprint density at radius 3 is 2.10 bits per heavy atom. The number of piperidine rings is 1. The molecule has 0 spiro atoms. The number of carbonyl (C=O) groups is 2. The molecular weight excluding hydrogens is 503 g/mol. The van der Waals surface area contributed by atoms with E-state index in [0.717, 1.165) is 55.6 Å². The average Bonchev–Trinajstić information content (AvgIpc) is 3.71. The van der Waals surface area contributed by atoms with Crippen LogP contribution in [0.25, 0.3) is 0 Å². The molecule has 0 unspecified atom stereocenters. The largest absolute Gasteiger partial charge is 0.355 e. The van der Waals surface area contributed by atoms with Gasteiger partial charge < -0.3 is 20.4 Å². The van der Waals surface area contributed by atoms with Crippen LogP contribution in [0.1, 0.15) is 36.0 Å². The van der Waals surface area contributed by atoms with E-state index in [1.807, 2.05) is 36.4 Å². The summed E-state index contributed by atoms with van der Waals surface area (Å²) in [6.07, 6.45) is 3.10. The minimum absolute atomic E-state index is 0.0692. The lowest BCUT2D eigenvalue weighted by atomic mass is 9.80. The molecule has 6 nitrogen and oxygen atoms in total. The first-order valence-corrected chi connectivity index (χ1v) is 14.2. The number of hydrogen-bond acceptors (Lipinski definition) is 3. The van der Waals surface area contributed by atoms with Crippen molar-refractivity contribution < 1.29 is 14.0 Å². The van der Waals surface area contributed by atoms with Crippen LogP contribution in [0.4, 0.5) is 9.18 Å². The van der Waals surface area contributed by atoms with Crippen molar-refractivity contribution in [3.8, 4) is 0 Å². The lowest BCUT2D eigenvalue weighted by molar-refractivity contribution is -0.124. The van der Waals surface area contributed by atoms with Gasteiger partial charge in [-0.15, -0.1) is 0 Å². The maximum Gasteiger partial charge on any atom is 0.317 e. The number of nitrogens with zero attached hydrogens (tertiary/aromatic N) is 2. The van der Waals surface area contributed by atoms with Crippen LogP contribution in [-0.4, -0.2) is 62.0 Å². The summed E-state index contributed by atoms with van der Waals surface area (Å²) >= 11 is 0. The van der Waals surface area contributed by atoms with E-state index in [9.17, 15) is 14.0 Å². The molecule has 7 heteroatoms. The number of likely N-dealkylation sites (tertiary alicyclic amines) is 1. The maximum atomic E-state index is 13.7. The third-order valence-electron chi connectivity index (χ3n) is 8.68. The highest BCUT2D eigenvalue weighted by Crippen LogP contribution is 2.55. The molecule has 1 saturated carbocycles. The second-order valence-corrected chi connectivity index (χ2v) is 11.4. The van der Waals surface area contributed by atoms with E-state index in [4.69, 9.17) is 0 Å². The van der Waals surface area contributed by atoms with Gasteiger partial charge in [-0.2, -0.15) is 0 Å². The summed E-state index contributed by atoms with van der Waals surface area (Å²) in [6, 6.07) is 26.7. The molecule has 40 heavy (non-hydrogen) atoms. The standard InChI is InChI=1S/C33H39FN4O2/c1-37(2)31(40)36-32(26-9-5-3-6-10-26)18-21-38(22-19-32)24-28-23-33(28,27-11-7-4-8-12-27)30(39)35-20-17-25-13-15-29(34)16-14-25/h3-16,28H,17-24H2,1-2H3,(H,35,39)(H,36,40)/t28-,33+/m0/s1. The van der Waals surface area contributed by atoms with Crippen molar-refractivity contribution in [3.63, 3.8) is 0 Å². The number of hydrogen-bond donors (Lipinski definition) is 2. The van der Waals surface area contributed by atoms with Gasteiger partial charge >= 0.3 is 6.03 Å². The molecule has 0 aromatic heterocycles. The van der Waals surface area contributed by atoms with Gasteiger partial charge in [-0.05, 0) is 60.4 Å². The SMILES string of the molecule is CN(C)C(=O)NC1(c2ccccc2)CCN(C[C@@H]2C[C@@]2(C(=O)NCCc2ccc(F)cc2)c2ccccc2)CC1. The predicted molar refractivity (Wildman–Crippen MR) is 155 cm³/mol. The molecule has 0 radical (unpaired) electrons. The normalized spacial score (nSPS) is 21.8. The van der Waals surface area contributed by atoms with E-state index < -0.39 is 11.0 Å². The molecule has 2 aliphatic rings. The summed E-state index contributed by atoms with van der Waals surface area (Å²) in [4.78, 5) is 30.4. The minimum Gasteiger partial charge on any atom is -0.355 e. The van der Waals surface area contributed by atoms with Crippen LogP contribution >= 0.6 is 0 Å². The van der Waals surface area contributed by atoms with Gasteiger partial charge in [0, 0.05) is 40.3 Å². The third-order valence-corrected chi connectivity index (χ3v) is 8.68. The maximum absolute atomic E-state index is 13.7. The Morgan fingerprint density at radius 1 is 0.900 bits per heavy atom. The van der Waals surface area contributed by atoms with Gasteiger partial charge in [0.25, 0.3) is 0 Å². The Hall–Kier alpha value is -3.71. The summed E-state index contributed by atoms with van der Waals surface area (Å²) in [6.45, 7) is 3.04. The van der Waals surface area contributed by atoms with E-state index in [0.29, 0.717) is 13.0 Å². The van der Waals surface area contributed by atoms with Gasteiger partial charge in [-0.25, -0.2) is 9.18 Å². The molecule has 3 aromatic carbocycles. The van der Waals surface area contributed by atoms with Crippen molar-refractivity contribution in [3.05, 3.63) is 107 Å². The molecule has 3 amide bonds. The van der Waals surface area contributed by atoms with Crippen LogP contribution in [-0.2, 0) is 22.2 Å². The molecule has 2 atom stereocenters. The lowest BCUT2D eigenvalue weighted by Crippen LogP contribution is -2.55. The molecule has 1 heterocycles. The van der Waals surface area contributed by atoms with Gasteiger partial charge in [-0.3, -0.25) is 4.79 Å². The molecule has 210 valence electrons. The number of halogens is 1. The Morgan fingerprint density at radius 2 is 1.50 bits per heavy atom. The average molecular weight is 543 g/mol. The monoisotopic (exact) mass is 542 g/mol. The van der Waals surface area contributed by atoms with Gasteiger partial charge in [0.2, 0.25) is 5.91 Å². The van der Waals surface area contributed by atoms with E-state index in [2.05, 4.69) is 39.8 Å². The van der Waals surface area contributed by atoms with Crippen molar-refractivity contribution in [1.82, 2.24) is 20.4 Å². The van der Waals surface area contributed by atoms with Gasteiger partial charge in [-0.1, -0.05) is 72.8 Å². The smallest absolute Gasteiger partial charge is 0.317 e. The number of urea groups is 1. The van der Waals surface area contributed by atoms with Crippen LogP contribution in [0.3, 0.4) is 0 Å². The van der Waals surface area contributed by atoms with Crippen molar-refractivity contribution in [2.75, 3.05) is 40.3 Å². The Labute approximate surface area is 236 Å². The highest BCUT2D eigenvalue weighted by atomic mass is 19.1. The fourth-order valence-corrected chi connectivity index (χ4v) is 6.17. The number of amides is 3. The van der Waals surface area contributed by atoms with Crippen molar-refractivity contribution in [2.45, 2.75) is 36.6 Å². The summed E-state index contributed by atoms with van der Waals surface area (Å²) in [5.74, 6) is 0.0384. The van der Waals surface area contributed by atoms with E-state index in [1.165, 1.54) is 12.1 Å². The van der Waals surface area contributed by atoms with Crippen LogP contribution < -0.4 is 10.6 Å². The fraction of sp³-hybridized carbons (Fsp3) is 0.394. The third kappa shape index (κ3) is 5.89. The Balaban J connectivity index is 1.24. The van der Waals surface area contributed by atoms with Gasteiger partial charge in [0.15, 0.2) is 0 Å². The fourth-order valence-electron chi connectivity index (χ4n) is 6.17. The molecule has 1 aliphatic carbocycles. The zero-order valence-corrected chi connectivity index (χ0v) is 23.4. The zero-order chi connectivity index (χ0) is 28.2. The molecule has 3 aromatic rings. The molecular formula is C33H39FN4O2. The second kappa shape index (κ2) is 11.8. The molecule has 1 saturated heterocycles. The molecule has 2 N–H and O–H groups in total. The van der Waals surface area contributed by atoms with E-state index in [-0.39, 0.29) is 23.7 Å². The summed E-state index contributed by atoms with van der Waals surface area (Å²) in [7, 11) is 3.54. The highest BCUT2D eigenvalue weighted by Gasteiger charge is 2.61. The highest BCUT2D eigenvalue weighted by molar-refractivity contribution is 5.92. The van der Waals surface area contributed by atoms with Crippen LogP contribution in [0.5, 0.6) is 0 Å². The van der Waals surface area contributed by atoms with Crippen molar-refractivity contribution in [1.29, 1.82) is 0 Å². The summed E-state index contributed by atoms with van der Waals surface area (Å²) < 4.78 is 13.2. The van der Waals surface area contributed by atoms with Crippen LogP contribution in [0, 0.1) is 11.7 Å². The number of carbonyl (C=O) groups excluding carboxylic acids is 2. The first-order chi connectivity index (χ1) is 19.3. The number of rotatable bonds is 9. The number of nitrogens with one attached hydrogen (secondary N) is 2. The molecule has 1 aliphatic heterocycles. The van der Waals surface area contributed by atoms with Crippen LogP contribution in [0.15, 0.2) is 84.9 Å². The van der Waals surface area contributed by atoms with Gasteiger partial charge in [0.1, 0.15) is 5.82 Å². The summed E-state index contributed by atoms with van der Waals surface area (Å²) in [5.41, 5.74) is 2.26. The van der Waals surface area contributed by atoms with Crippen molar-refractivity contribution in [2.24, 2.45) is 5.92 Å². The second-order valence-electron chi connectivity index (χ2n) is 11.4. The van der Waals surface area contributed by atoms with E-state index in [1.54, 1.807) is 31.1 Å². The van der Waals surface area contributed by atoms with Crippen LogP contribution in [0.2, 0.25) is 0 Å². The number of benzene rings is 3. The topological polar surface area (TPSA) is 64.7 Å². The Kier molecular flexibility index (Phi) is 8.22.